The predicted octanol–water partition coefficient (Wildman–Crippen LogP) is 13.0. The van der Waals surface area contributed by atoms with E-state index in [0.717, 1.165) is 123 Å². The van der Waals surface area contributed by atoms with Crippen molar-refractivity contribution < 1.29 is 31.1 Å². The minimum Gasteiger partial charge on any atom is -0.657 e. The van der Waals surface area contributed by atoms with Crippen molar-refractivity contribution in [1.82, 2.24) is 19.9 Å². The molecule has 7 nitrogen and oxygen atoms in total. The van der Waals surface area contributed by atoms with Gasteiger partial charge in [0.15, 0.2) is 0 Å². The Hall–Kier alpha value is -5.86. The van der Waals surface area contributed by atoms with Gasteiger partial charge in [0.25, 0.3) is 0 Å². The Labute approximate surface area is 379 Å². The Kier molecular flexibility index (Phi) is 11.6. The first-order valence-electron chi connectivity index (χ1n) is 21.0. The van der Waals surface area contributed by atoms with Gasteiger partial charge in [-0.2, -0.15) is 0 Å². The molecule has 0 atom stereocenters. The van der Waals surface area contributed by atoms with E-state index in [9.17, 15) is 14.4 Å². The van der Waals surface area contributed by atoms with E-state index < -0.39 is 7.60 Å². The van der Waals surface area contributed by atoms with Crippen LogP contribution in [0.5, 0.6) is 0 Å². The summed E-state index contributed by atoms with van der Waals surface area (Å²) < 4.78 is 12.0. The average molecular weight is 892 g/mol. The van der Waals surface area contributed by atoms with Crippen molar-refractivity contribution in [3.63, 3.8) is 0 Å². The van der Waals surface area contributed by atoms with Crippen LogP contribution in [0.3, 0.4) is 0 Å². The Morgan fingerprint density at radius 2 is 0.714 bits per heavy atom. The van der Waals surface area contributed by atoms with Gasteiger partial charge in [0, 0.05) is 0 Å². The third-order valence-corrected chi connectivity index (χ3v) is 12.8. The van der Waals surface area contributed by atoms with Crippen molar-refractivity contribution in [2.24, 2.45) is 0 Å². The van der Waals surface area contributed by atoms with Crippen molar-refractivity contribution in [2.45, 2.75) is 68.5 Å². The summed E-state index contributed by atoms with van der Waals surface area (Å²) >= 11 is 0. The van der Waals surface area contributed by atoms with Gasteiger partial charge in [-0.15, -0.1) is 22.1 Å². The summed E-state index contributed by atoms with van der Waals surface area (Å²) in [7, 11) is -4.27. The number of fused-ring (bicyclic) bond motifs is 8. The molecule has 7 aromatic rings. The molecule has 0 saturated heterocycles. The standard InChI is InChI=1S/C54H49N4O3P.Co/c1-29-22-32(4)48(33(5)23-29)52-42-16-14-40(55-42)51(39-12-10-38(11-13-39)28-62(59,60)61)41-15-17-43(56-41)53(49-34(6)24-30(2)25-35(49)7)45-19-21-47(58-45)54(46-20-18-44(52)57-46)50-36(8)26-31(3)27-37(50)9;/h10-27H,28H2,1-9H3,(H2,59,60,61);/q-2;+2. The smallest absolute Gasteiger partial charge is 0.657 e. The fraction of sp³-hybridized carbons (Fsp3) is 0.185. The van der Waals surface area contributed by atoms with E-state index in [1.54, 1.807) is 12.1 Å². The Morgan fingerprint density at radius 3 is 1.02 bits per heavy atom. The van der Waals surface area contributed by atoms with E-state index in [1.807, 2.05) is 24.3 Å². The van der Waals surface area contributed by atoms with Crippen molar-refractivity contribution in [3.05, 3.63) is 163 Å². The predicted molar refractivity (Wildman–Crippen MR) is 257 cm³/mol. The van der Waals surface area contributed by atoms with Crippen LogP contribution < -0.4 is 9.97 Å². The maximum Gasteiger partial charge on any atom is 2.00 e. The monoisotopic (exact) mass is 891 g/mol. The Morgan fingerprint density at radius 1 is 0.429 bits per heavy atom. The van der Waals surface area contributed by atoms with Crippen molar-refractivity contribution in [1.29, 1.82) is 0 Å². The first-order chi connectivity index (χ1) is 29.5. The molecule has 3 aromatic heterocycles. The Bertz CT molecular complexity index is 3190. The summed E-state index contributed by atoms with van der Waals surface area (Å²) in [6.45, 7) is 19.3. The van der Waals surface area contributed by atoms with E-state index in [2.05, 4.69) is 135 Å². The van der Waals surface area contributed by atoms with Gasteiger partial charge >= 0.3 is 24.4 Å². The molecular weight excluding hydrogens is 843 g/mol. The molecule has 317 valence electrons. The van der Waals surface area contributed by atoms with Gasteiger partial charge in [0.05, 0.1) is 28.9 Å². The van der Waals surface area contributed by atoms with E-state index in [0.29, 0.717) is 5.56 Å². The van der Waals surface area contributed by atoms with Gasteiger partial charge in [0.1, 0.15) is 0 Å². The van der Waals surface area contributed by atoms with Gasteiger partial charge in [0.2, 0.25) is 0 Å². The second-order valence-electron chi connectivity index (χ2n) is 17.2. The first-order valence-corrected chi connectivity index (χ1v) is 22.8. The average Bonchev–Trinajstić information content (AvgIpc) is 4.02. The van der Waals surface area contributed by atoms with Crippen LogP contribution in [0.2, 0.25) is 0 Å². The van der Waals surface area contributed by atoms with Crippen molar-refractivity contribution >= 4 is 54.0 Å². The maximum absolute atomic E-state index is 12.0. The van der Waals surface area contributed by atoms with Crippen LogP contribution >= 0.6 is 7.60 Å². The van der Waals surface area contributed by atoms with Crippen molar-refractivity contribution in [3.8, 4) is 44.5 Å². The van der Waals surface area contributed by atoms with Crippen LogP contribution in [0.4, 0.5) is 0 Å². The molecule has 1 radical (unpaired) electrons. The zero-order valence-electron chi connectivity index (χ0n) is 37.0. The number of rotatable bonds is 6. The summed E-state index contributed by atoms with van der Waals surface area (Å²) in [5, 5.41) is 0. The fourth-order valence-corrected chi connectivity index (χ4v) is 10.6. The number of nitrogens with zero attached hydrogens (tertiary/aromatic N) is 4. The van der Waals surface area contributed by atoms with E-state index in [1.165, 1.54) is 16.7 Å². The molecule has 63 heavy (non-hydrogen) atoms. The van der Waals surface area contributed by atoms with Gasteiger partial charge in [-0.1, -0.05) is 102 Å². The molecule has 2 aliphatic heterocycles. The quantitative estimate of drug-likeness (QED) is 0.160. The fourth-order valence-electron chi connectivity index (χ4n) is 9.89. The summed E-state index contributed by atoms with van der Waals surface area (Å²) in [4.78, 5) is 41.5. The normalized spacial score (nSPS) is 12.2. The molecule has 0 amide bonds. The number of aromatic nitrogens is 4. The van der Waals surface area contributed by atoms with Crippen LogP contribution in [0.1, 0.15) is 78.4 Å². The maximum atomic E-state index is 12.0. The molecule has 2 aliphatic rings. The van der Waals surface area contributed by atoms with Crippen LogP contribution in [-0.4, -0.2) is 19.8 Å². The molecule has 0 unspecified atom stereocenters. The second kappa shape index (κ2) is 16.7. The topological polar surface area (TPSA) is 112 Å². The van der Waals surface area contributed by atoms with E-state index >= 15 is 0 Å². The summed E-state index contributed by atoms with van der Waals surface area (Å²) in [5.41, 5.74) is 25.1. The molecule has 0 saturated carbocycles. The molecule has 0 spiro atoms. The minimum atomic E-state index is -4.27. The number of hydrogen-bond acceptors (Lipinski definition) is 3. The first kappa shape index (κ1) is 43.8. The molecule has 4 aromatic carbocycles. The van der Waals surface area contributed by atoms with Gasteiger partial charge in [-0.05, 0) is 170 Å². The van der Waals surface area contributed by atoms with Crippen LogP contribution in [0.15, 0.2) is 84.9 Å². The molecule has 8 bridgehead atoms. The molecule has 0 aliphatic carbocycles. The third kappa shape index (κ3) is 8.26. The third-order valence-electron chi connectivity index (χ3n) is 12.0. The summed E-state index contributed by atoms with van der Waals surface area (Å²) in [6.07, 6.45) is 8.02. The number of aryl methyl sites for hydroxylation is 9. The molecule has 2 N–H and O–H groups in total. The second-order valence-corrected chi connectivity index (χ2v) is 18.8. The SMILES string of the molecule is Cc1cc(C)c(-c2c3nc(c(-c4c(C)cc(C)cc4C)c4ccc([n-]4)c(-c4c(C)cc(C)cc4C)c4nc(c(-c5ccc(CP(=O)(O)O)cc5)c5ccc2[n-]5)C=C4)C=C3)c(C)c1.[Co+2]. The van der Waals surface area contributed by atoms with Gasteiger partial charge in [-0.3, -0.25) is 4.57 Å². The van der Waals surface area contributed by atoms with E-state index in [4.69, 9.17) is 19.9 Å². The van der Waals surface area contributed by atoms with Crippen LogP contribution in [0.25, 0.3) is 90.9 Å². The molecule has 0 fully saturated rings. The zero-order valence-corrected chi connectivity index (χ0v) is 38.9. The summed E-state index contributed by atoms with van der Waals surface area (Å²) in [5.74, 6) is 0. The largest absolute Gasteiger partial charge is 2.00 e. The summed E-state index contributed by atoms with van der Waals surface area (Å²) in [6, 6.07) is 29.0. The van der Waals surface area contributed by atoms with Gasteiger partial charge < -0.3 is 19.8 Å². The minimum absolute atomic E-state index is 0. The van der Waals surface area contributed by atoms with E-state index in [-0.39, 0.29) is 22.9 Å². The van der Waals surface area contributed by atoms with Gasteiger partial charge in [-0.25, -0.2) is 9.97 Å². The Balaban J connectivity index is 0.00000544. The number of hydrogen-bond donors (Lipinski definition) is 2. The zero-order chi connectivity index (χ0) is 43.8. The van der Waals surface area contributed by atoms with Crippen LogP contribution in [-0.2, 0) is 27.5 Å². The molecule has 9 rings (SSSR count). The molecule has 9 heteroatoms. The molecule has 5 heterocycles. The number of benzene rings is 4. The molecular formula is C54H49CoN4O3P. The van der Waals surface area contributed by atoms with Crippen LogP contribution in [0, 0.1) is 62.3 Å². The van der Waals surface area contributed by atoms with Crippen molar-refractivity contribution in [2.75, 3.05) is 0 Å².